The lowest BCUT2D eigenvalue weighted by Gasteiger charge is -2.39. The lowest BCUT2D eigenvalue weighted by Crippen LogP contribution is -2.55. The minimum Gasteiger partial charge on any atom is -0.339 e. The molecule has 0 bridgehead atoms. The van der Waals surface area contributed by atoms with Crippen LogP contribution in [0.4, 0.5) is 0 Å². The zero-order chi connectivity index (χ0) is 12.3. The molecule has 0 unspecified atom stereocenters. The van der Waals surface area contributed by atoms with Crippen molar-refractivity contribution < 1.29 is 4.79 Å². The summed E-state index contributed by atoms with van der Waals surface area (Å²) in [6.07, 6.45) is 3.47. The van der Waals surface area contributed by atoms with Crippen molar-refractivity contribution in [3.8, 4) is 0 Å². The second kappa shape index (κ2) is 5.38. The SMILES string of the molecule is C[C@@H]1CCCCN1C(=O)CN1CC(N=[N+]=[N-])C1. The number of amides is 1. The van der Waals surface area contributed by atoms with Crippen molar-refractivity contribution in [2.75, 3.05) is 26.2 Å². The minimum atomic E-state index is 0.0616. The van der Waals surface area contributed by atoms with E-state index in [4.69, 9.17) is 5.53 Å². The Morgan fingerprint density at radius 2 is 2.24 bits per heavy atom. The number of hydrogen-bond acceptors (Lipinski definition) is 3. The molecule has 2 aliphatic heterocycles. The molecule has 0 aromatic rings. The van der Waals surface area contributed by atoms with E-state index in [0.29, 0.717) is 12.6 Å². The van der Waals surface area contributed by atoms with Crippen LogP contribution in [-0.2, 0) is 4.79 Å². The van der Waals surface area contributed by atoms with Crippen LogP contribution in [0.2, 0.25) is 0 Å². The van der Waals surface area contributed by atoms with Gasteiger partial charge in [-0.2, -0.15) is 0 Å². The van der Waals surface area contributed by atoms with E-state index in [1.807, 2.05) is 9.80 Å². The van der Waals surface area contributed by atoms with Crippen LogP contribution in [0.15, 0.2) is 5.11 Å². The van der Waals surface area contributed by atoms with Gasteiger partial charge in [0.2, 0.25) is 5.91 Å². The van der Waals surface area contributed by atoms with Crippen LogP contribution in [-0.4, -0.2) is 54.0 Å². The third kappa shape index (κ3) is 2.90. The van der Waals surface area contributed by atoms with Gasteiger partial charge in [0.1, 0.15) is 0 Å². The Kier molecular flexibility index (Phi) is 3.86. The highest BCUT2D eigenvalue weighted by atomic mass is 16.2. The molecular formula is C11H19N5O. The van der Waals surface area contributed by atoms with Crippen LogP contribution in [0.25, 0.3) is 10.4 Å². The number of nitrogens with zero attached hydrogens (tertiary/aromatic N) is 5. The molecular weight excluding hydrogens is 218 g/mol. The Bertz CT molecular complexity index is 333. The van der Waals surface area contributed by atoms with Gasteiger partial charge in [0.25, 0.3) is 0 Å². The first-order chi connectivity index (χ1) is 8.20. The standard InChI is InChI=1S/C11H19N5O/c1-9-4-2-3-5-16(9)11(17)8-15-6-10(7-15)13-14-12/h9-10H,2-8H2,1H3/t9-/m1/s1. The molecule has 6 nitrogen and oxygen atoms in total. The van der Waals surface area contributed by atoms with Gasteiger partial charge < -0.3 is 4.90 Å². The second-order valence-corrected chi connectivity index (χ2v) is 4.98. The lowest BCUT2D eigenvalue weighted by atomic mass is 10.0. The summed E-state index contributed by atoms with van der Waals surface area (Å²) in [5.74, 6) is 0.219. The lowest BCUT2D eigenvalue weighted by molar-refractivity contribution is -0.136. The fraction of sp³-hybridized carbons (Fsp3) is 0.909. The first-order valence-electron chi connectivity index (χ1n) is 6.26. The molecule has 2 saturated heterocycles. The Morgan fingerprint density at radius 3 is 2.88 bits per heavy atom. The number of carbonyl (C=O) groups is 1. The molecule has 0 aliphatic carbocycles. The Morgan fingerprint density at radius 1 is 1.47 bits per heavy atom. The van der Waals surface area contributed by atoms with Gasteiger partial charge in [-0.25, -0.2) is 0 Å². The molecule has 0 N–H and O–H groups in total. The summed E-state index contributed by atoms with van der Waals surface area (Å²) in [6, 6.07) is 0.442. The van der Waals surface area contributed by atoms with Gasteiger partial charge >= 0.3 is 0 Å². The third-order valence-corrected chi connectivity index (χ3v) is 3.64. The Hall–Kier alpha value is -1.26. The van der Waals surface area contributed by atoms with Gasteiger partial charge in [0.05, 0.1) is 12.6 Å². The average molecular weight is 237 g/mol. The molecule has 17 heavy (non-hydrogen) atoms. The topological polar surface area (TPSA) is 72.3 Å². The Balaban J connectivity index is 1.76. The van der Waals surface area contributed by atoms with E-state index in [1.165, 1.54) is 6.42 Å². The van der Waals surface area contributed by atoms with Crippen LogP contribution >= 0.6 is 0 Å². The summed E-state index contributed by atoms with van der Waals surface area (Å²) in [4.78, 5) is 18.9. The van der Waals surface area contributed by atoms with Gasteiger partial charge in [-0.05, 0) is 31.7 Å². The fourth-order valence-corrected chi connectivity index (χ4v) is 2.57. The first kappa shape index (κ1) is 12.2. The molecule has 0 radical (unpaired) electrons. The maximum absolute atomic E-state index is 12.1. The zero-order valence-electron chi connectivity index (χ0n) is 10.2. The molecule has 0 aromatic carbocycles. The Labute approximate surface area is 101 Å². The number of hydrogen-bond donors (Lipinski definition) is 0. The molecule has 2 heterocycles. The highest BCUT2D eigenvalue weighted by Gasteiger charge is 2.30. The average Bonchev–Trinajstić information content (AvgIpc) is 2.26. The van der Waals surface area contributed by atoms with Crippen molar-refractivity contribution in [1.29, 1.82) is 0 Å². The normalized spacial score (nSPS) is 26.2. The maximum Gasteiger partial charge on any atom is 0.236 e. The summed E-state index contributed by atoms with van der Waals surface area (Å²) >= 11 is 0. The van der Waals surface area contributed by atoms with Gasteiger partial charge in [-0.3, -0.25) is 9.69 Å². The molecule has 0 saturated carbocycles. The van der Waals surface area contributed by atoms with Crippen molar-refractivity contribution in [3.05, 3.63) is 10.4 Å². The van der Waals surface area contributed by atoms with Crippen molar-refractivity contribution in [2.24, 2.45) is 5.11 Å². The summed E-state index contributed by atoms with van der Waals surface area (Å²) in [7, 11) is 0. The summed E-state index contributed by atoms with van der Waals surface area (Å²) < 4.78 is 0. The molecule has 2 aliphatic rings. The van der Waals surface area contributed by atoms with Crippen LogP contribution in [0.5, 0.6) is 0 Å². The maximum atomic E-state index is 12.1. The van der Waals surface area contributed by atoms with Gasteiger partial charge in [-0.15, -0.1) is 0 Å². The highest BCUT2D eigenvalue weighted by molar-refractivity contribution is 5.78. The van der Waals surface area contributed by atoms with Gasteiger partial charge in [-0.1, -0.05) is 5.11 Å². The van der Waals surface area contributed by atoms with E-state index in [0.717, 1.165) is 32.5 Å². The van der Waals surface area contributed by atoms with Crippen LogP contribution in [0, 0.1) is 0 Å². The van der Waals surface area contributed by atoms with Crippen molar-refractivity contribution in [1.82, 2.24) is 9.80 Å². The predicted molar refractivity (Wildman–Crippen MR) is 64.4 cm³/mol. The van der Waals surface area contributed by atoms with E-state index in [-0.39, 0.29) is 11.9 Å². The number of likely N-dealkylation sites (tertiary alicyclic amines) is 2. The number of rotatable bonds is 3. The molecule has 94 valence electrons. The van der Waals surface area contributed by atoms with E-state index in [1.54, 1.807) is 0 Å². The zero-order valence-corrected chi connectivity index (χ0v) is 10.2. The van der Waals surface area contributed by atoms with E-state index in [2.05, 4.69) is 16.9 Å². The van der Waals surface area contributed by atoms with E-state index >= 15 is 0 Å². The predicted octanol–water partition coefficient (Wildman–Crippen LogP) is 1.38. The molecule has 2 fully saturated rings. The van der Waals surface area contributed by atoms with Gasteiger partial charge in [0.15, 0.2) is 0 Å². The minimum absolute atomic E-state index is 0.0616. The van der Waals surface area contributed by atoms with E-state index < -0.39 is 0 Å². The van der Waals surface area contributed by atoms with E-state index in [9.17, 15) is 4.79 Å². The molecule has 1 atom stereocenters. The molecule has 0 aromatic heterocycles. The number of azide groups is 1. The first-order valence-corrected chi connectivity index (χ1v) is 6.26. The summed E-state index contributed by atoms with van der Waals surface area (Å²) in [5.41, 5.74) is 8.27. The van der Waals surface area contributed by atoms with Gasteiger partial charge in [0, 0.05) is 30.6 Å². The number of carbonyl (C=O) groups excluding carboxylic acids is 1. The molecule has 1 amide bonds. The smallest absolute Gasteiger partial charge is 0.236 e. The van der Waals surface area contributed by atoms with Crippen molar-refractivity contribution in [3.63, 3.8) is 0 Å². The van der Waals surface area contributed by atoms with Crippen LogP contribution < -0.4 is 0 Å². The summed E-state index contributed by atoms with van der Waals surface area (Å²) in [6.45, 7) is 4.93. The van der Waals surface area contributed by atoms with Crippen molar-refractivity contribution in [2.45, 2.75) is 38.3 Å². The fourth-order valence-electron chi connectivity index (χ4n) is 2.57. The quantitative estimate of drug-likeness (QED) is 0.422. The number of piperidine rings is 1. The van der Waals surface area contributed by atoms with Crippen molar-refractivity contribution >= 4 is 5.91 Å². The monoisotopic (exact) mass is 237 g/mol. The third-order valence-electron chi connectivity index (χ3n) is 3.64. The molecule has 2 rings (SSSR count). The largest absolute Gasteiger partial charge is 0.339 e. The summed E-state index contributed by atoms with van der Waals surface area (Å²) in [5, 5.41) is 3.63. The van der Waals surface area contributed by atoms with Crippen LogP contribution in [0.3, 0.4) is 0 Å². The van der Waals surface area contributed by atoms with Crippen LogP contribution in [0.1, 0.15) is 26.2 Å². The second-order valence-electron chi connectivity index (χ2n) is 4.98. The molecule has 0 spiro atoms. The highest BCUT2D eigenvalue weighted by Crippen LogP contribution is 2.18. The molecule has 6 heteroatoms.